The van der Waals surface area contributed by atoms with Gasteiger partial charge in [-0.05, 0) is 25.7 Å². The van der Waals surface area contributed by atoms with Crippen LogP contribution in [0.15, 0.2) is 0 Å². The number of aliphatic hydroxyl groups excluding tert-OH is 2. The maximum Gasteiger partial charge on any atom is 0.305 e. The van der Waals surface area contributed by atoms with E-state index < -0.39 is 12.1 Å². The number of unbranched alkanes of at least 4 members (excludes halogenated alkanes) is 67. The van der Waals surface area contributed by atoms with E-state index in [-0.39, 0.29) is 18.5 Å². The van der Waals surface area contributed by atoms with Gasteiger partial charge >= 0.3 is 5.97 Å². The molecule has 0 aromatic carbocycles. The van der Waals surface area contributed by atoms with Crippen LogP contribution in [0.5, 0.6) is 0 Å². The lowest BCUT2D eigenvalue weighted by atomic mass is 10.0. The van der Waals surface area contributed by atoms with E-state index in [1.54, 1.807) is 0 Å². The van der Waals surface area contributed by atoms with E-state index in [1.165, 1.54) is 411 Å². The molecule has 2 unspecified atom stereocenters. The summed E-state index contributed by atoms with van der Waals surface area (Å²) in [4.78, 5) is 24.7. The van der Waals surface area contributed by atoms with E-state index in [0.717, 1.165) is 38.5 Å². The number of hydrogen-bond donors (Lipinski definition) is 3. The topological polar surface area (TPSA) is 95.9 Å². The third-order valence-electron chi connectivity index (χ3n) is 19.7. The van der Waals surface area contributed by atoms with Crippen LogP contribution in [-0.2, 0) is 14.3 Å². The second kappa shape index (κ2) is 77.3. The summed E-state index contributed by atoms with van der Waals surface area (Å²) in [5.74, 6) is 0.00199. The number of hydrogen-bond acceptors (Lipinski definition) is 5. The molecule has 0 aliphatic heterocycles. The van der Waals surface area contributed by atoms with Crippen LogP contribution in [0.3, 0.4) is 0 Å². The van der Waals surface area contributed by atoms with Gasteiger partial charge in [0.2, 0.25) is 5.91 Å². The highest BCUT2D eigenvalue weighted by molar-refractivity contribution is 5.76. The van der Waals surface area contributed by atoms with Crippen molar-refractivity contribution < 1.29 is 24.5 Å². The van der Waals surface area contributed by atoms with Crippen molar-refractivity contribution in [3.05, 3.63) is 0 Å². The van der Waals surface area contributed by atoms with Crippen molar-refractivity contribution in [1.29, 1.82) is 0 Å². The maximum absolute atomic E-state index is 12.6. The highest BCUT2D eigenvalue weighted by Crippen LogP contribution is 2.21. The molecule has 520 valence electrons. The molecule has 2 atom stereocenters. The quantitative estimate of drug-likeness (QED) is 0.0417. The highest BCUT2D eigenvalue weighted by Gasteiger charge is 2.20. The first-order valence-electron chi connectivity index (χ1n) is 40.8. The average molecular weight is 1230 g/mol. The number of nitrogens with one attached hydrogen (secondary N) is 1. The molecule has 0 saturated heterocycles. The third kappa shape index (κ3) is 73.8. The molecule has 0 spiro atoms. The minimum Gasteiger partial charge on any atom is -0.466 e. The Balaban J connectivity index is 3.31. The summed E-state index contributed by atoms with van der Waals surface area (Å²) in [5.41, 5.74) is 0. The summed E-state index contributed by atoms with van der Waals surface area (Å²) in [7, 11) is 0. The van der Waals surface area contributed by atoms with Gasteiger partial charge < -0.3 is 20.3 Å². The fourth-order valence-electron chi connectivity index (χ4n) is 13.5. The van der Waals surface area contributed by atoms with E-state index >= 15 is 0 Å². The smallest absolute Gasteiger partial charge is 0.305 e. The summed E-state index contributed by atoms with van der Waals surface area (Å²) in [6.07, 6.45) is 96.4. The predicted octanol–water partition coefficient (Wildman–Crippen LogP) is 26.9. The van der Waals surface area contributed by atoms with Crippen LogP contribution in [-0.4, -0.2) is 47.4 Å². The predicted molar refractivity (Wildman–Crippen MR) is 384 cm³/mol. The van der Waals surface area contributed by atoms with Gasteiger partial charge in [0.25, 0.3) is 0 Å². The minimum atomic E-state index is -0.661. The Morgan fingerprint density at radius 1 is 0.276 bits per heavy atom. The van der Waals surface area contributed by atoms with E-state index in [1.807, 2.05) is 0 Å². The average Bonchev–Trinajstić information content (AvgIpc) is 3.53. The van der Waals surface area contributed by atoms with Crippen LogP contribution in [0.2, 0.25) is 0 Å². The first-order valence-corrected chi connectivity index (χ1v) is 40.8. The SMILES string of the molecule is CCCCCCCCCCCCCCCCCCCCCCCCCC(O)C(CO)NC(=O)CCCCCCCCCCCCCCCCCCCCCCCCCCCCCCCCCCCOC(=O)CCCCCCCCCCCCCCCC. The van der Waals surface area contributed by atoms with Crippen molar-refractivity contribution in [2.24, 2.45) is 0 Å². The molecule has 1 amide bonds. The van der Waals surface area contributed by atoms with Gasteiger partial charge in [-0.2, -0.15) is 0 Å². The first kappa shape index (κ1) is 85.9. The number of ether oxygens (including phenoxy) is 1. The Morgan fingerprint density at radius 3 is 0.701 bits per heavy atom. The molecule has 0 aromatic heterocycles. The molecule has 6 heteroatoms. The summed E-state index contributed by atoms with van der Waals surface area (Å²) >= 11 is 0. The van der Waals surface area contributed by atoms with E-state index in [4.69, 9.17) is 4.74 Å². The molecule has 0 aliphatic rings. The number of carbonyl (C=O) groups excluding carboxylic acids is 2. The Labute approximate surface area is 547 Å². The fourth-order valence-corrected chi connectivity index (χ4v) is 13.5. The molecule has 0 aromatic rings. The zero-order chi connectivity index (χ0) is 62.8. The molecule has 0 bridgehead atoms. The van der Waals surface area contributed by atoms with Crippen LogP contribution in [0.25, 0.3) is 0 Å². The summed E-state index contributed by atoms with van der Waals surface area (Å²) < 4.78 is 5.50. The van der Waals surface area contributed by atoms with Gasteiger partial charge in [-0.1, -0.05) is 444 Å². The van der Waals surface area contributed by atoms with E-state index in [0.29, 0.717) is 25.9 Å². The molecule has 0 rings (SSSR count). The number of esters is 1. The van der Waals surface area contributed by atoms with Gasteiger partial charge in [0.05, 0.1) is 25.4 Å². The van der Waals surface area contributed by atoms with Crippen molar-refractivity contribution in [2.75, 3.05) is 13.2 Å². The summed E-state index contributed by atoms with van der Waals surface area (Å²) in [5, 5.41) is 23.5. The summed E-state index contributed by atoms with van der Waals surface area (Å²) in [6.45, 7) is 5.02. The van der Waals surface area contributed by atoms with Crippen molar-refractivity contribution in [1.82, 2.24) is 5.32 Å². The van der Waals surface area contributed by atoms with E-state index in [9.17, 15) is 19.8 Å². The molecule has 0 saturated carbocycles. The normalized spacial score (nSPS) is 12.4. The number of carbonyl (C=O) groups is 2. The lowest BCUT2D eigenvalue weighted by Crippen LogP contribution is -2.45. The standard InChI is InChI=1S/C81H161NO5/c1-3-5-7-9-11-13-15-17-19-20-21-22-34-37-40-43-46-49-53-57-61-65-69-73-79(84)78(77-83)82-80(85)74-70-66-62-58-54-50-47-44-41-38-35-32-30-28-26-24-23-25-27-29-31-33-36-39-42-45-48-52-56-60-64-68-72-76-87-81(86)75-71-67-63-59-55-51-18-16-14-12-10-8-6-4-2/h78-79,83-84H,3-77H2,1-2H3,(H,82,85). The molecule has 3 N–H and O–H groups in total. The van der Waals surface area contributed by atoms with Crippen molar-refractivity contribution in [2.45, 2.75) is 495 Å². The number of aliphatic hydroxyl groups is 2. The van der Waals surface area contributed by atoms with Gasteiger partial charge in [0.1, 0.15) is 0 Å². The monoisotopic (exact) mass is 1230 g/mol. The Bertz CT molecular complexity index is 1280. The zero-order valence-electron chi connectivity index (χ0n) is 59.8. The Hall–Kier alpha value is -1.14. The highest BCUT2D eigenvalue weighted by atomic mass is 16.5. The number of amides is 1. The van der Waals surface area contributed by atoms with Gasteiger partial charge in [0.15, 0.2) is 0 Å². The largest absolute Gasteiger partial charge is 0.466 e. The molecule has 0 radical (unpaired) electrons. The first-order chi connectivity index (χ1) is 43.0. The van der Waals surface area contributed by atoms with Crippen molar-refractivity contribution in [3.8, 4) is 0 Å². The van der Waals surface area contributed by atoms with Crippen LogP contribution in [0.4, 0.5) is 0 Å². The summed E-state index contributed by atoms with van der Waals surface area (Å²) in [6, 6.07) is -0.538. The molecule has 0 heterocycles. The maximum atomic E-state index is 12.6. The molecule has 87 heavy (non-hydrogen) atoms. The van der Waals surface area contributed by atoms with Gasteiger partial charge in [-0.25, -0.2) is 0 Å². The molecule has 0 aliphatic carbocycles. The van der Waals surface area contributed by atoms with Crippen molar-refractivity contribution in [3.63, 3.8) is 0 Å². The minimum absolute atomic E-state index is 0.0236. The van der Waals surface area contributed by atoms with E-state index in [2.05, 4.69) is 19.2 Å². The second-order valence-electron chi connectivity index (χ2n) is 28.5. The van der Waals surface area contributed by atoms with Crippen LogP contribution in [0.1, 0.15) is 483 Å². The van der Waals surface area contributed by atoms with Gasteiger partial charge in [-0.15, -0.1) is 0 Å². The molecule has 6 nitrogen and oxygen atoms in total. The fraction of sp³-hybridized carbons (Fsp3) is 0.975. The lowest BCUT2D eigenvalue weighted by Gasteiger charge is -2.22. The Morgan fingerprint density at radius 2 is 0.471 bits per heavy atom. The van der Waals surface area contributed by atoms with Crippen LogP contribution >= 0.6 is 0 Å². The molecule has 0 fully saturated rings. The van der Waals surface area contributed by atoms with Gasteiger partial charge in [0, 0.05) is 12.8 Å². The van der Waals surface area contributed by atoms with Crippen LogP contribution in [0, 0.1) is 0 Å². The molecular weight excluding hydrogens is 1070 g/mol. The third-order valence-corrected chi connectivity index (χ3v) is 19.7. The van der Waals surface area contributed by atoms with Gasteiger partial charge in [-0.3, -0.25) is 9.59 Å². The lowest BCUT2D eigenvalue weighted by molar-refractivity contribution is -0.143. The van der Waals surface area contributed by atoms with Crippen molar-refractivity contribution >= 4 is 11.9 Å². The van der Waals surface area contributed by atoms with Crippen LogP contribution < -0.4 is 5.32 Å². The Kier molecular flexibility index (Phi) is 76.3. The molecular formula is C81H161NO5. The number of rotatable bonds is 78. The second-order valence-corrected chi connectivity index (χ2v) is 28.5. The zero-order valence-corrected chi connectivity index (χ0v) is 59.8.